The Bertz CT molecular complexity index is 1110. The maximum atomic E-state index is 12.6. The van der Waals surface area contributed by atoms with Crippen molar-refractivity contribution in [3.8, 4) is 5.75 Å². The molecule has 1 heterocycles. The van der Waals surface area contributed by atoms with E-state index in [1.807, 2.05) is 61.5 Å². The number of benzene rings is 3. The van der Waals surface area contributed by atoms with E-state index < -0.39 is 0 Å². The number of amides is 1. The fourth-order valence-corrected chi connectivity index (χ4v) is 4.34. The van der Waals surface area contributed by atoms with Crippen LogP contribution in [0.25, 0.3) is 0 Å². The zero-order valence-corrected chi connectivity index (χ0v) is 18.4. The van der Waals surface area contributed by atoms with Gasteiger partial charge in [-0.2, -0.15) is 0 Å². The van der Waals surface area contributed by atoms with Crippen LogP contribution in [0.4, 0.5) is 5.69 Å². The minimum atomic E-state index is -0.129. The SMILES string of the molecule is CCOCCNC(=O)c1ccc2c(c1)N=C(c1ccc(OC)cc1)c1ccccc1S2. The molecule has 0 saturated carbocycles. The highest BCUT2D eigenvalue weighted by atomic mass is 32.2. The summed E-state index contributed by atoms with van der Waals surface area (Å²) in [7, 11) is 1.65. The molecule has 0 bridgehead atoms. The Hall–Kier alpha value is -3.09. The first-order valence-electron chi connectivity index (χ1n) is 10.2. The number of ether oxygens (including phenoxy) is 2. The van der Waals surface area contributed by atoms with Gasteiger partial charge in [-0.05, 0) is 55.5 Å². The highest BCUT2D eigenvalue weighted by molar-refractivity contribution is 7.99. The highest BCUT2D eigenvalue weighted by Gasteiger charge is 2.20. The number of rotatable bonds is 7. The Balaban J connectivity index is 1.72. The van der Waals surface area contributed by atoms with Gasteiger partial charge >= 0.3 is 0 Å². The fourth-order valence-electron chi connectivity index (χ4n) is 3.33. The van der Waals surface area contributed by atoms with Crippen LogP contribution in [0.5, 0.6) is 5.75 Å². The van der Waals surface area contributed by atoms with Gasteiger partial charge < -0.3 is 14.8 Å². The summed E-state index contributed by atoms with van der Waals surface area (Å²) in [5, 5.41) is 2.90. The predicted octanol–water partition coefficient (Wildman–Crippen LogP) is 5.10. The molecule has 5 nitrogen and oxygen atoms in total. The molecule has 0 radical (unpaired) electrons. The second-order valence-corrected chi connectivity index (χ2v) is 8.01. The van der Waals surface area contributed by atoms with Crippen molar-refractivity contribution in [2.24, 2.45) is 4.99 Å². The smallest absolute Gasteiger partial charge is 0.251 e. The maximum Gasteiger partial charge on any atom is 0.251 e. The van der Waals surface area contributed by atoms with Gasteiger partial charge in [0, 0.05) is 39.6 Å². The summed E-state index contributed by atoms with van der Waals surface area (Å²) in [4.78, 5) is 19.7. The number of carbonyl (C=O) groups is 1. The number of hydrogen-bond donors (Lipinski definition) is 1. The number of fused-ring (bicyclic) bond motifs is 2. The normalized spacial score (nSPS) is 12.3. The van der Waals surface area contributed by atoms with E-state index in [1.54, 1.807) is 18.9 Å². The predicted molar refractivity (Wildman–Crippen MR) is 124 cm³/mol. The number of aliphatic imine (C=N–C) groups is 1. The van der Waals surface area contributed by atoms with E-state index in [0.29, 0.717) is 25.3 Å². The summed E-state index contributed by atoms with van der Waals surface area (Å²) in [6, 6.07) is 21.8. The van der Waals surface area contributed by atoms with Crippen LogP contribution in [0, 0.1) is 0 Å². The lowest BCUT2D eigenvalue weighted by Gasteiger charge is -2.09. The van der Waals surface area contributed by atoms with Crippen molar-refractivity contribution in [1.82, 2.24) is 5.32 Å². The van der Waals surface area contributed by atoms with Gasteiger partial charge in [0.2, 0.25) is 0 Å². The highest BCUT2D eigenvalue weighted by Crippen LogP contribution is 2.41. The van der Waals surface area contributed by atoms with Gasteiger partial charge in [-0.25, -0.2) is 4.99 Å². The van der Waals surface area contributed by atoms with Gasteiger partial charge in [-0.3, -0.25) is 4.79 Å². The molecule has 1 aliphatic heterocycles. The molecular weight excluding hydrogens is 408 g/mol. The number of methoxy groups -OCH3 is 1. The van der Waals surface area contributed by atoms with Gasteiger partial charge in [0.25, 0.3) is 5.91 Å². The molecule has 0 atom stereocenters. The summed E-state index contributed by atoms with van der Waals surface area (Å²) < 4.78 is 10.6. The van der Waals surface area contributed by atoms with Crippen LogP contribution in [0.2, 0.25) is 0 Å². The molecule has 3 aromatic rings. The fraction of sp³-hybridized carbons (Fsp3) is 0.200. The summed E-state index contributed by atoms with van der Waals surface area (Å²) >= 11 is 1.66. The van der Waals surface area contributed by atoms with E-state index in [4.69, 9.17) is 14.5 Å². The molecule has 158 valence electrons. The monoisotopic (exact) mass is 432 g/mol. The molecule has 1 N–H and O–H groups in total. The molecule has 6 heteroatoms. The third kappa shape index (κ3) is 4.81. The molecule has 1 amide bonds. The first kappa shape index (κ1) is 21.2. The van der Waals surface area contributed by atoms with Gasteiger partial charge in [0.1, 0.15) is 5.75 Å². The molecule has 31 heavy (non-hydrogen) atoms. The number of hydrogen-bond acceptors (Lipinski definition) is 5. The molecule has 1 aliphatic rings. The summed E-state index contributed by atoms with van der Waals surface area (Å²) in [6.07, 6.45) is 0. The lowest BCUT2D eigenvalue weighted by Crippen LogP contribution is -2.27. The third-order valence-electron chi connectivity index (χ3n) is 4.92. The minimum Gasteiger partial charge on any atom is -0.497 e. The summed E-state index contributed by atoms with van der Waals surface area (Å²) in [6.45, 7) is 3.54. The average molecular weight is 433 g/mol. The molecular formula is C25H24N2O3S. The summed E-state index contributed by atoms with van der Waals surface area (Å²) in [5.41, 5.74) is 4.30. The van der Waals surface area contributed by atoms with E-state index >= 15 is 0 Å². The van der Waals surface area contributed by atoms with Crippen LogP contribution >= 0.6 is 11.8 Å². The number of nitrogens with zero attached hydrogens (tertiary/aromatic N) is 1. The van der Waals surface area contributed by atoms with Crippen molar-refractivity contribution >= 4 is 29.1 Å². The Morgan fingerprint density at radius 3 is 2.61 bits per heavy atom. The first-order chi connectivity index (χ1) is 15.2. The standard InChI is InChI=1S/C25H24N2O3S/c1-3-30-15-14-26-25(28)18-10-13-23-21(16-18)27-24(17-8-11-19(29-2)12-9-17)20-6-4-5-7-22(20)31-23/h4-13,16H,3,14-15H2,1-2H3,(H,26,28). The van der Waals surface area contributed by atoms with Crippen LogP contribution < -0.4 is 10.1 Å². The van der Waals surface area contributed by atoms with E-state index in [1.165, 1.54) is 0 Å². The van der Waals surface area contributed by atoms with Gasteiger partial charge in [-0.15, -0.1) is 0 Å². The zero-order valence-electron chi connectivity index (χ0n) is 17.6. The molecule has 0 aromatic heterocycles. The largest absolute Gasteiger partial charge is 0.497 e. The maximum absolute atomic E-state index is 12.6. The second-order valence-electron chi connectivity index (χ2n) is 6.92. The lowest BCUT2D eigenvalue weighted by molar-refractivity contribution is 0.0922. The molecule has 3 aromatic carbocycles. The Morgan fingerprint density at radius 2 is 1.84 bits per heavy atom. The quantitative estimate of drug-likeness (QED) is 0.413. The van der Waals surface area contributed by atoms with E-state index in [2.05, 4.69) is 17.4 Å². The van der Waals surface area contributed by atoms with Crippen LogP contribution in [-0.4, -0.2) is 38.5 Å². The van der Waals surface area contributed by atoms with Crippen LogP contribution in [0.15, 0.2) is 81.5 Å². The average Bonchev–Trinajstić information content (AvgIpc) is 2.98. The van der Waals surface area contributed by atoms with Crippen molar-refractivity contribution in [2.75, 3.05) is 26.9 Å². The zero-order chi connectivity index (χ0) is 21.6. The first-order valence-corrected chi connectivity index (χ1v) is 11.0. The van der Waals surface area contributed by atoms with Crippen LogP contribution in [0.3, 0.4) is 0 Å². The van der Waals surface area contributed by atoms with Crippen molar-refractivity contribution < 1.29 is 14.3 Å². The molecule has 0 saturated heterocycles. The molecule has 0 fully saturated rings. The van der Waals surface area contributed by atoms with E-state index in [-0.39, 0.29) is 5.91 Å². The second kappa shape index (κ2) is 9.81. The molecule has 4 rings (SSSR count). The van der Waals surface area contributed by atoms with E-state index in [0.717, 1.165) is 38.1 Å². The summed E-state index contributed by atoms with van der Waals surface area (Å²) in [5.74, 6) is 0.669. The van der Waals surface area contributed by atoms with Crippen molar-refractivity contribution in [3.63, 3.8) is 0 Å². The van der Waals surface area contributed by atoms with Gasteiger partial charge in [0.15, 0.2) is 0 Å². The third-order valence-corrected chi connectivity index (χ3v) is 6.06. The van der Waals surface area contributed by atoms with Crippen molar-refractivity contribution in [3.05, 3.63) is 83.4 Å². The molecule has 0 aliphatic carbocycles. The van der Waals surface area contributed by atoms with Crippen molar-refractivity contribution in [1.29, 1.82) is 0 Å². The van der Waals surface area contributed by atoms with Crippen LogP contribution in [-0.2, 0) is 4.74 Å². The van der Waals surface area contributed by atoms with E-state index in [9.17, 15) is 4.79 Å². The van der Waals surface area contributed by atoms with Crippen molar-refractivity contribution in [2.45, 2.75) is 16.7 Å². The molecule has 0 spiro atoms. The Labute approximate surface area is 186 Å². The van der Waals surface area contributed by atoms with Gasteiger partial charge in [0.05, 0.1) is 25.1 Å². The lowest BCUT2D eigenvalue weighted by atomic mass is 10.0. The number of nitrogens with one attached hydrogen (secondary N) is 1. The Kier molecular flexibility index (Phi) is 6.70. The Morgan fingerprint density at radius 1 is 1.03 bits per heavy atom. The van der Waals surface area contributed by atoms with Crippen LogP contribution in [0.1, 0.15) is 28.4 Å². The van der Waals surface area contributed by atoms with Gasteiger partial charge in [-0.1, -0.05) is 30.0 Å². The minimum absolute atomic E-state index is 0.129. The number of carbonyl (C=O) groups excluding carboxylic acids is 1. The molecule has 0 unspecified atom stereocenters. The topological polar surface area (TPSA) is 59.9 Å².